The minimum atomic E-state index is -4.78. The van der Waals surface area contributed by atoms with Crippen LogP contribution in [0.4, 0.5) is 19.0 Å². The van der Waals surface area contributed by atoms with E-state index in [-0.39, 0.29) is 11.7 Å². The summed E-state index contributed by atoms with van der Waals surface area (Å²) in [5.41, 5.74) is -0.126. The summed E-state index contributed by atoms with van der Waals surface area (Å²) >= 11 is 5.54. The van der Waals surface area contributed by atoms with Gasteiger partial charge in [0.05, 0.1) is 21.2 Å². The summed E-state index contributed by atoms with van der Waals surface area (Å²) < 4.78 is 67.7. The van der Waals surface area contributed by atoms with Crippen LogP contribution in [0.2, 0.25) is 5.02 Å². The van der Waals surface area contributed by atoms with Gasteiger partial charge in [-0.05, 0) is 30.2 Å². The van der Waals surface area contributed by atoms with Gasteiger partial charge in [-0.2, -0.15) is 22.8 Å². The molecule has 0 fully saturated rings. The maximum atomic E-state index is 13.0. The van der Waals surface area contributed by atoms with Gasteiger partial charge < -0.3 is 0 Å². The molecule has 27 heavy (non-hydrogen) atoms. The predicted octanol–water partition coefficient (Wildman–Crippen LogP) is 4.33. The van der Waals surface area contributed by atoms with E-state index in [1.54, 1.807) is 6.07 Å². The van der Waals surface area contributed by atoms with Crippen molar-refractivity contribution in [3.8, 4) is 0 Å². The van der Waals surface area contributed by atoms with E-state index in [1.807, 2.05) is 13.8 Å². The lowest BCUT2D eigenvalue weighted by Crippen LogP contribution is -2.17. The van der Waals surface area contributed by atoms with Crippen molar-refractivity contribution in [2.45, 2.75) is 30.8 Å². The number of hydrogen-bond acceptors (Lipinski definition) is 4. The Balaban J connectivity index is 2.04. The molecule has 0 aliphatic carbocycles. The van der Waals surface area contributed by atoms with Gasteiger partial charge in [-0.25, -0.2) is 13.4 Å². The molecule has 0 spiro atoms. The lowest BCUT2D eigenvalue weighted by molar-refractivity contribution is -0.137. The fraction of sp³-hybridized carbons (Fsp3) is 0.250. The molecular formula is C16H14ClF3N4O2S. The molecule has 1 aromatic carbocycles. The third kappa shape index (κ3) is 3.86. The molecule has 0 saturated carbocycles. The Kier molecular flexibility index (Phi) is 4.81. The van der Waals surface area contributed by atoms with E-state index in [2.05, 4.69) is 14.8 Å². The maximum Gasteiger partial charge on any atom is 0.417 e. The average Bonchev–Trinajstić information content (AvgIpc) is 2.99. The first-order valence-corrected chi connectivity index (χ1v) is 9.59. The van der Waals surface area contributed by atoms with Gasteiger partial charge in [-0.1, -0.05) is 25.4 Å². The largest absolute Gasteiger partial charge is 0.417 e. The molecule has 3 aromatic rings. The molecule has 0 atom stereocenters. The van der Waals surface area contributed by atoms with Gasteiger partial charge in [0.15, 0.2) is 5.65 Å². The number of sulfonamides is 1. The van der Waals surface area contributed by atoms with E-state index >= 15 is 0 Å². The SMILES string of the molecule is CC(C)c1cc2nccc(NS(=O)(=O)c3ccc(Cl)c(C(F)(F)F)c3)n2n1. The fourth-order valence-corrected chi connectivity index (χ4v) is 3.65. The van der Waals surface area contributed by atoms with E-state index in [0.717, 1.165) is 12.1 Å². The van der Waals surface area contributed by atoms with Crippen LogP contribution >= 0.6 is 11.6 Å². The number of rotatable bonds is 4. The third-order valence-electron chi connectivity index (χ3n) is 3.76. The van der Waals surface area contributed by atoms with Crippen LogP contribution in [0.5, 0.6) is 0 Å². The van der Waals surface area contributed by atoms with Crippen molar-refractivity contribution >= 4 is 33.1 Å². The number of nitrogens with one attached hydrogen (secondary N) is 1. The van der Waals surface area contributed by atoms with Gasteiger partial charge in [0, 0.05) is 12.3 Å². The molecule has 0 bridgehead atoms. The molecule has 144 valence electrons. The van der Waals surface area contributed by atoms with Gasteiger partial charge >= 0.3 is 6.18 Å². The summed E-state index contributed by atoms with van der Waals surface area (Å²) in [6, 6.07) is 5.45. The number of alkyl halides is 3. The summed E-state index contributed by atoms with van der Waals surface area (Å²) in [7, 11) is -4.31. The Morgan fingerprint density at radius 1 is 1.19 bits per heavy atom. The van der Waals surface area contributed by atoms with Crippen molar-refractivity contribution in [3.63, 3.8) is 0 Å². The summed E-state index contributed by atoms with van der Waals surface area (Å²) in [6.45, 7) is 3.83. The molecular weight excluding hydrogens is 405 g/mol. The molecule has 0 amide bonds. The van der Waals surface area contributed by atoms with Gasteiger partial charge in [0.2, 0.25) is 0 Å². The number of aromatic nitrogens is 3. The zero-order valence-electron chi connectivity index (χ0n) is 14.1. The molecule has 0 saturated heterocycles. The lowest BCUT2D eigenvalue weighted by atomic mass is 10.1. The van der Waals surface area contributed by atoms with E-state index in [1.165, 1.54) is 16.8 Å². The van der Waals surface area contributed by atoms with Gasteiger partial charge in [0.25, 0.3) is 10.0 Å². The van der Waals surface area contributed by atoms with E-state index < -0.39 is 31.7 Å². The number of hydrogen-bond donors (Lipinski definition) is 1. The Labute approximate surface area is 158 Å². The third-order valence-corrected chi connectivity index (χ3v) is 5.44. The van der Waals surface area contributed by atoms with Gasteiger partial charge in [-0.3, -0.25) is 4.72 Å². The van der Waals surface area contributed by atoms with Crippen molar-refractivity contribution in [3.05, 3.63) is 52.8 Å². The zero-order chi connectivity index (χ0) is 20.0. The van der Waals surface area contributed by atoms with E-state index in [4.69, 9.17) is 11.6 Å². The molecule has 11 heteroatoms. The van der Waals surface area contributed by atoms with Gasteiger partial charge in [-0.15, -0.1) is 0 Å². The van der Waals surface area contributed by atoms with Crippen LogP contribution in [-0.4, -0.2) is 23.0 Å². The van der Waals surface area contributed by atoms with Crippen molar-refractivity contribution in [2.24, 2.45) is 0 Å². The van der Waals surface area contributed by atoms with Crippen LogP contribution in [0.25, 0.3) is 5.65 Å². The molecule has 6 nitrogen and oxygen atoms in total. The summed E-state index contributed by atoms with van der Waals surface area (Å²) in [4.78, 5) is 3.54. The predicted molar refractivity (Wildman–Crippen MR) is 94.3 cm³/mol. The first kappa shape index (κ1) is 19.4. The minimum Gasteiger partial charge on any atom is -0.263 e. The van der Waals surface area contributed by atoms with Crippen LogP contribution in [-0.2, 0) is 16.2 Å². The summed E-state index contributed by atoms with van der Waals surface area (Å²) in [5.74, 6) is 0.136. The van der Waals surface area contributed by atoms with Crippen LogP contribution < -0.4 is 4.72 Å². The van der Waals surface area contributed by atoms with Crippen molar-refractivity contribution < 1.29 is 21.6 Å². The molecule has 2 aromatic heterocycles. The fourth-order valence-electron chi connectivity index (χ4n) is 2.36. The molecule has 0 radical (unpaired) electrons. The van der Waals surface area contributed by atoms with Crippen molar-refractivity contribution in [1.82, 2.24) is 14.6 Å². The van der Waals surface area contributed by atoms with Crippen LogP contribution in [0.3, 0.4) is 0 Å². The normalized spacial score (nSPS) is 12.7. The summed E-state index contributed by atoms with van der Waals surface area (Å²) in [6.07, 6.45) is -3.40. The van der Waals surface area contributed by atoms with Crippen LogP contribution in [0.15, 0.2) is 41.4 Å². The molecule has 1 N–H and O–H groups in total. The molecule has 0 aliphatic heterocycles. The zero-order valence-corrected chi connectivity index (χ0v) is 15.7. The van der Waals surface area contributed by atoms with Crippen LogP contribution in [0, 0.1) is 0 Å². The van der Waals surface area contributed by atoms with Crippen molar-refractivity contribution in [1.29, 1.82) is 0 Å². The first-order chi connectivity index (χ1) is 12.5. The minimum absolute atomic E-state index is 0.0513. The van der Waals surface area contributed by atoms with Crippen LogP contribution in [0.1, 0.15) is 31.0 Å². The first-order valence-electron chi connectivity index (χ1n) is 7.73. The quantitative estimate of drug-likeness (QED) is 0.684. The van der Waals surface area contributed by atoms with Crippen molar-refractivity contribution in [2.75, 3.05) is 4.72 Å². The molecule has 3 rings (SSSR count). The second-order valence-corrected chi connectivity index (χ2v) is 8.16. The highest BCUT2D eigenvalue weighted by Crippen LogP contribution is 2.36. The van der Waals surface area contributed by atoms with E-state index in [0.29, 0.717) is 17.4 Å². The average molecular weight is 419 g/mol. The highest BCUT2D eigenvalue weighted by atomic mass is 35.5. The Hall–Kier alpha value is -2.33. The van der Waals surface area contributed by atoms with E-state index in [9.17, 15) is 21.6 Å². The topological polar surface area (TPSA) is 76.4 Å². The second kappa shape index (κ2) is 6.68. The second-order valence-electron chi connectivity index (χ2n) is 6.07. The smallest absolute Gasteiger partial charge is 0.263 e. The number of nitrogens with zero attached hydrogens (tertiary/aromatic N) is 3. The Morgan fingerprint density at radius 3 is 2.52 bits per heavy atom. The Morgan fingerprint density at radius 2 is 1.89 bits per heavy atom. The highest BCUT2D eigenvalue weighted by molar-refractivity contribution is 7.92. The maximum absolute atomic E-state index is 13.0. The monoisotopic (exact) mass is 418 g/mol. The summed E-state index contributed by atoms with van der Waals surface area (Å²) in [5, 5.41) is 3.71. The Bertz CT molecular complexity index is 1110. The highest BCUT2D eigenvalue weighted by Gasteiger charge is 2.34. The molecule has 2 heterocycles. The molecule has 0 unspecified atom stereocenters. The number of halogens is 4. The molecule has 0 aliphatic rings. The number of fused-ring (bicyclic) bond motifs is 1. The van der Waals surface area contributed by atoms with Gasteiger partial charge in [0.1, 0.15) is 5.82 Å². The standard InChI is InChI=1S/C16H14ClF3N4O2S/c1-9(2)13-8-15-21-6-5-14(24(15)22-13)23-27(25,26)10-3-4-12(17)11(7-10)16(18,19)20/h3-9,23H,1-2H3. The number of anilines is 1. The lowest BCUT2D eigenvalue weighted by Gasteiger charge is -2.13. The number of benzene rings is 1.